The number of hydrogen-bond acceptors (Lipinski definition) is 3. The van der Waals surface area contributed by atoms with E-state index in [-0.39, 0.29) is 17.4 Å². The smallest absolute Gasteiger partial charge is 0.387 e. The van der Waals surface area contributed by atoms with Gasteiger partial charge in [-0.15, -0.1) is 0 Å². The molecule has 1 saturated carbocycles. The topological polar surface area (TPSA) is 75.6 Å². The first-order valence-electron chi connectivity index (χ1n) is 6.05. The van der Waals surface area contributed by atoms with Gasteiger partial charge in [0, 0.05) is 6.04 Å². The van der Waals surface area contributed by atoms with Crippen molar-refractivity contribution in [3.63, 3.8) is 0 Å². The fourth-order valence-electron chi connectivity index (χ4n) is 2.05. The van der Waals surface area contributed by atoms with Crippen molar-refractivity contribution in [2.75, 3.05) is 0 Å². The molecule has 0 heterocycles. The Morgan fingerprint density at radius 1 is 1.30 bits per heavy atom. The van der Waals surface area contributed by atoms with Crippen molar-refractivity contribution < 1.29 is 28.2 Å². The Kier molecular flexibility index (Phi) is 4.16. The molecule has 2 N–H and O–H groups in total. The number of amides is 1. The summed E-state index contributed by atoms with van der Waals surface area (Å²) in [6, 6.07) is 5.43. The molecule has 0 saturated heterocycles. The molecule has 0 aliphatic heterocycles. The summed E-state index contributed by atoms with van der Waals surface area (Å²) in [6.45, 7) is -3.01. The summed E-state index contributed by atoms with van der Waals surface area (Å²) >= 11 is 0. The number of carboxylic acids is 1. The lowest BCUT2D eigenvalue weighted by Gasteiger charge is -2.32. The number of ether oxygens (including phenoxy) is 1. The van der Waals surface area contributed by atoms with Crippen LogP contribution in [0.15, 0.2) is 24.3 Å². The predicted octanol–water partition coefficient (Wildman–Crippen LogP) is 1.88. The van der Waals surface area contributed by atoms with E-state index in [0.29, 0.717) is 12.8 Å². The number of para-hydroxylation sites is 1. The fourth-order valence-corrected chi connectivity index (χ4v) is 2.05. The molecule has 0 spiro atoms. The summed E-state index contributed by atoms with van der Waals surface area (Å²) in [7, 11) is 0. The molecule has 1 aromatic rings. The molecule has 0 bridgehead atoms. The zero-order valence-electron chi connectivity index (χ0n) is 10.4. The van der Waals surface area contributed by atoms with Crippen molar-refractivity contribution in [1.82, 2.24) is 5.32 Å². The highest BCUT2D eigenvalue weighted by Crippen LogP contribution is 2.28. The van der Waals surface area contributed by atoms with E-state index in [1.807, 2.05) is 0 Å². The number of alkyl halides is 2. The fraction of sp³-hybridized carbons (Fsp3) is 0.385. The molecule has 5 nitrogen and oxygen atoms in total. The van der Waals surface area contributed by atoms with Crippen LogP contribution in [0.25, 0.3) is 0 Å². The van der Waals surface area contributed by atoms with Gasteiger partial charge >= 0.3 is 12.6 Å². The highest BCUT2D eigenvalue weighted by Gasteiger charge is 2.35. The highest BCUT2D eigenvalue weighted by atomic mass is 19.3. The van der Waals surface area contributed by atoms with E-state index in [1.54, 1.807) is 0 Å². The number of rotatable bonds is 5. The van der Waals surface area contributed by atoms with Gasteiger partial charge in [0.2, 0.25) is 0 Å². The highest BCUT2D eigenvalue weighted by molar-refractivity contribution is 5.97. The van der Waals surface area contributed by atoms with Crippen LogP contribution in [0, 0.1) is 5.92 Å². The Balaban J connectivity index is 1.98. The van der Waals surface area contributed by atoms with E-state index < -0.39 is 24.4 Å². The molecule has 108 valence electrons. The largest absolute Gasteiger partial charge is 0.481 e. The second-order valence-corrected chi connectivity index (χ2v) is 4.55. The molecule has 1 aliphatic carbocycles. The standard InChI is InChI=1S/C13H13F2NO4/c14-13(15)20-10-4-2-1-3-9(10)11(17)16-8-5-7(6-8)12(18)19/h1-4,7-8,13H,5-6H2,(H,16,17)(H,18,19). The number of benzene rings is 1. The lowest BCUT2D eigenvalue weighted by molar-refractivity contribution is -0.145. The normalized spacial score (nSPS) is 21.1. The van der Waals surface area contributed by atoms with Gasteiger partial charge in [0.1, 0.15) is 5.75 Å². The maximum atomic E-state index is 12.2. The zero-order chi connectivity index (χ0) is 14.7. The number of nitrogens with one attached hydrogen (secondary N) is 1. The Labute approximate surface area is 113 Å². The minimum absolute atomic E-state index is 0.00609. The molecule has 1 aliphatic rings. The molecule has 20 heavy (non-hydrogen) atoms. The van der Waals surface area contributed by atoms with Gasteiger partial charge in [-0.25, -0.2) is 0 Å². The van der Waals surface area contributed by atoms with Crippen molar-refractivity contribution in [1.29, 1.82) is 0 Å². The summed E-state index contributed by atoms with van der Waals surface area (Å²) in [5, 5.41) is 11.3. The van der Waals surface area contributed by atoms with Crippen LogP contribution in [-0.4, -0.2) is 29.6 Å². The van der Waals surface area contributed by atoms with Gasteiger partial charge < -0.3 is 15.2 Å². The number of carboxylic acid groups (broad SMARTS) is 1. The van der Waals surface area contributed by atoms with Gasteiger partial charge in [-0.2, -0.15) is 8.78 Å². The van der Waals surface area contributed by atoms with Gasteiger partial charge in [0.05, 0.1) is 11.5 Å². The first-order chi connectivity index (χ1) is 9.47. The van der Waals surface area contributed by atoms with Crippen molar-refractivity contribution in [3.8, 4) is 5.75 Å². The van der Waals surface area contributed by atoms with Crippen LogP contribution in [0.5, 0.6) is 5.75 Å². The molecular weight excluding hydrogens is 272 g/mol. The van der Waals surface area contributed by atoms with E-state index >= 15 is 0 Å². The van der Waals surface area contributed by atoms with Gasteiger partial charge in [-0.05, 0) is 25.0 Å². The molecule has 0 unspecified atom stereocenters. The van der Waals surface area contributed by atoms with Crippen molar-refractivity contribution >= 4 is 11.9 Å². The lowest BCUT2D eigenvalue weighted by Crippen LogP contribution is -2.46. The van der Waals surface area contributed by atoms with Crippen molar-refractivity contribution in [2.24, 2.45) is 5.92 Å². The van der Waals surface area contributed by atoms with Gasteiger partial charge in [-0.3, -0.25) is 9.59 Å². The minimum Gasteiger partial charge on any atom is -0.481 e. The van der Waals surface area contributed by atoms with Crippen LogP contribution >= 0.6 is 0 Å². The summed E-state index contributed by atoms with van der Waals surface area (Å²) in [5.74, 6) is -2.09. The molecule has 1 amide bonds. The average Bonchev–Trinajstić information content (AvgIpc) is 2.32. The molecule has 2 rings (SSSR count). The van der Waals surface area contributed by atoms with Crippen molar-refractivity contribution in [2.45, 2.75) is 25.5 Å². The molecule has 7 heteroatoms. The summed E-state index contributed by atoms with van der Waals surface area (Å²) in [6.07, 6.45) is 0.692. The van der Waals surface area contributed by atoms with Gasteiger partial charge in [0.15, 0.2) is 0 Å². The number of carbonyl (C=O) groups is 2. The Morgan fingerprint density at radius 2 is 1.95 bits per heavy atom. The van der Waals surface area contributed by atoms with E-state index in [9.17, 15) is 18.4 Å². The first kappa shape index (κ1) is 14.2. The minimum atomic E-state index is -3.01. The molecule has 0 radical (unpaired) electrons. The summed E-state index contributed by atoms with van der Waals surface area (Å²) in [4.78, 5) is 22.6. The summed E-state index contributed by atoms with van der Waals surface area (Å²) < 4.78 is 28.7. The molecular formula is C13H13F2NO4. The van der Waals surface area contributed by atoms with Crippen LogP contribution in [0.4, 0.5) is 8.78 Å². The van der Waals surface area contributed by atoms with Crippen LogP contribution in [0.3, 0.4) is 0 Å². The maximum absolute atomic E-state index is 12.2. The van der Waals surface area contributed by atoms with Crippen LogP contribution < -0.4 is 10.1 Å². The Bertz CT molecular complexity index is 515. The number of halogens is 2. The average molecular weight is 285 g/mol. The zero-order valence-corrected chi connectivity index (χ0v) is 10.4. The third-order valence-corrected chi connectivity index (χ3v) is 3.17. The van der Waals surface area contributed by atoms with Crippen molar-refractivity contribution in [3.05, 3.63) is 29.8 Å². The molecule has 0 atom stereocenters. The number of aliphatic carboxylic acids is 1. The number of carbonyl (C=O) groups excluding carboxylic acids is 1. The van der Waals surface area contributed by atoms with Crippen LogP contribution in [0.2, 0.25) is 0 Å². The monoisotopic (exact) mass is 285 g/mol. The van der Waals surface area contributed by atoms with E-state index in [2.05, 4.69) is 10.1 Å². The molecule has 0 aromatic heterocycles. The lowest BCUT2D eigenvalue weighted by atomic mass is 9.80. The van der Waals surface area contributed by atoms with Gasteiger partial charge in [-0.1, -0.05) is 12.1 Å². The van der Waals surface area contributed by atoms with E-state index in [4.69, 9.17) is 5.11 Å². The van der Waals surface area contributed by atoms with Crippen LogP contribution in [0.1, 0.15) is 23.2 Å². The molecule has 1 fully saturated rings. The Morgan fingerprint density at radius 3 is 2.55 bits per heavy atom. The quantitative estimate of drug-likeness (QED) is 0.866. The SMILES string of the molecule is O=C(NC1CC(C(=O)O)C1)c1ccccc1OC(F)F. The third kappa shape index (κ3) is 3.23. The van der Waals surface area contributed by atoms with Crippen LogP contribution in [-0.2, 0) is 4.79 Å². The first-order valence-corrected chi connectivity index (χ1v) is 6.05. The number of hydrogen-bond donors (Lipinski definition) is 2. The van der Waals surface area contributed by atoms with E-state index in [0.717, 1.165) is 0 Å². The predicted molar refractivity (Wildman–Crippen MR) is 64.7 cm³/mol. The third-order valence-electron chi connectivity index (χ3n) is 3.17. The summed E-state index contributed by atoms with van der Waals surface area (Å²) in [5.41, 5.74) is 0.00609. The Hall–Kier alpha value is -2.18. The second kappa shape index (κ2) is 5.85. The molecule has 1 aromatic carbocycles. The van der Waals surface area contributed by atoms with Gasteiger partial charge in [0.25, 0.3) is 5.91 Å². The van der Waals surface area contributed by atoms with E-state index in [1.165, 1.54) is 24.3 Å². The second-order valence-electron chi connectivity index (χ2n) is 4.55. The maximum Gasteiger partial charge on any atom is 0.387 e.